The lowest BCUT2D eigenvalue weighted by Gasteiger charge is -2.09. The smallest absolute Gasteiger partial charge is 0.239 e. The van der Waals surface area contributed by atoms with Gasteiger partial charge in [-0.1, -0.05) is 23.2 Å². The molecule has 1 N–H and O–H groups in total. The molecular formula is C9H8Cl3NO2. The fourth-order valence-corrected chi connectivity index (χ4v) is 1.73. The summed E-state index contributed by atoms with van der Waals surface area (Å²) in [6.45, 7) is 0. The fourth-order valence-electron chi connectivity index (χ4n) is 1.02. The Labute approximate surface area is 102 Å². The zero-order chi connectivity index (χ0) is 11.4. The van der Waals surface area contributed by atoms with E-state index in [-0.39, 0.29) is 11.8 Å². The van der Waals surface area contributed by atoms with Crippen LogP contribution in [-0.2, 0) is 4.79 Å². The fraction of sp³-hybridized carbons (Fsp3) is 0.222. The van der Waals surface area contributed by atoms with Crippen molar-refractivity contribution in [1.29, 1.82) is 0 Å². The molecule has 0 heterocycles. The zero-order valence-electron chi connectivity index (χ0n) is 7.81. The van der Waals surface area contributed by atoms with Gasteiger partial charge in [-0.2, -0.15) is 0 Å². The molecule has 0 aliphatic rings. The van der Waals surface area contributed by atoms with E-state index in [1.807, 2.05) is 0 Å². The summed E-state index contributed by atoms with van der Waals surface area (Å²) >= 11 is 17.1. The van der Waals surface area contributed by atoms with Crippen molar-refractivity contribution < 1.29 is 9.53 Å². The molecule has 0 unspecified atom stereocenters. The molecule has 0 saturated carbocycles. The highest BCUT2D eigenvalue weighted by atomic mass is 35.5. The third-order valence-corrected chi connectivity index (χ3v) is 2.41. The summed E-state index contributed by atoms with van der Waals surface area (Å²) in [5.74, 6) is -0.0717. The molecule has 0 spiro atoms. The summed E-state index contributed by atoms with van der Waals surface area (Å²) in [7, 11) is 1.46. The molecule has 0 bridgehead atoms. The lowest BCUT2D eigenvalue weighted by molar-refractivity contribution is -0.113. The van der Waals surface area contributed by atoms with Crippen LogP contribution in [0.3, 0.4) is 0 Å². The number of benzene rings is 1. The Hall–Kier alpha value is -0.640. The SMILES string of the molecule is COc1c(Cl)cc(NC(=O)CCl)cc1Cl. The van der Waals surface area contributed by atoms with E-state index >= 15 is 0 Å². The molecule has 0 saturated heterocycles. The number of alkyl halides is 1. The van der Waals surface area contributed by atoms with E-state index < -0.39 is 0 Å². The van der Waals surface area contributed by atoms with Gasteiger partial charge in [-0.05, 0) is 12.1 Å². The monoisotopic (exact) mass is 267 g/mol. The summed E-state index contributed by atoms with van der Waals surface area (Å²) < 4.78 is 4.96. The van der Waals surface area contributed by atoms with E-state index in [2.05, 4.69) is 5.32 Å². The Morgan fingerprint density at radius 2 is 1.93 bits per heavy atom. The van der Waals surface area contributed by atoms with Crippen LogP contribution in [0.25, 0.3) is 0 Å². The molecule has 0 radical (unpaired) electrons. The molecule has 0 aliphatic heterocycles. The quantitative estimate of drug-likeness (QED) is 0.855. The van der Waals surface area contributed by atoms with Gasteiger partial charge in [0.05, 0.1) is 17.2 Å². The van der Waals surface area contributed by atoms with Crippen LogP contribution in [0, 0.1) is 0 Å². The van der Waals surface area contributed by atoms with Crippen molar-refractivity contribution in [2.75, 3.05) is 18.3 Å². The van der Waals surface area contributed by atoms with Crippen LogP contribution in [-0.4, -0.2) is 18.9 Å². The largest absolute Gasteiger partial charge is 0.494 e. The van der Waals surface area contributed by atoms with Gasteiger partial charge in [-0.25, -0.2) is 0 Å². The first kappa shape index (κ1) is 12.4. The van der Waals surface area contributed by atoms with Gasteiger partial charge in [0, 0.05) is 5.69 Å². The lowest BCUT2D eigenvalue weighted by atomic mass is 10.3. The zero-order valence-corrected chi connectivity index (χ0v) is 10.1. The van der Waals surface area contributed by atoms with Crippen molar-refractivity contribution in [2.45, 2.75) is 0 Å². The van der Waals surface area contributed by atoms with E-state index in [9.17, 15) is 4.79 Å². The van der Waals surface area contributed by atoms with Crippen molar-refractivity contribution in [2.24, 2.45) is 0 Å². The number of hydrogen-bond acceptors (Lipinski definition) is 2. The van der Waals surface area contributed by atoms with Crippen molar-refractivity contribution in [3.63, 3.8) is 0 Å². The lowest BCUT2D eigenvalue weighted by Crippen LogP contribution is -2.12. The van der Waals surface area contributed by atoms with E-state index in [4.69, 9.17) is 39.5 Å². The predicted molar refractivity (Wildman–Crippen MR) is 62.4 cm³/mol. The van der Waals surface area contributed by atoms with Gasteiger partial charge >= 0.3 is 0 Å². The molecule has 0 atom stereocenters. The third-order valence-electron chi connectivity index (χ3n) is 1.61. The second-order valence-electron chi connectivity index (χ2n) is 2.65. The number of hydrogen-bond donors (Lipinski definition) is 1. The van der Waals surface area contributed by atoms with E-state index in [0.29, 0.717) is 21.5 Å². The van der Waals surface area contributed by atoms with Gasteiger partial charge in [0.25, 0.3) is 0 Å². The minimum Gasteiger partial charge on any atom is -0.494 e. The molecule has 15 heavy (non-hydrogen) atoms. The topological polar surface area (TPSA) is 38.3 Å². The second-order valence-corrected chi connectivity index (χ2v) is 3.74. The maximum atomic E-state index is 11.0. The number of halogens is 3. The molecular weight excluding hydrogens is 260 g/mol. The van der Waals surface area contributed by atoms with Crippen molar-refractivity contribution in [1.82, 2.24) is 0 Å². The molecule has 1 rings (SSSR count). The summed E-state index contributed by atoms with van der Waals surface area (Å²) in [6.07, 6.45) is 0. The van der Waals surface area contributed by atoms with Crippen LogP contribution < -0.4 is 10.1 Å². The molecule has 6 heteroatoms. The number of amides is 1. The average molecular weight is 269 g/mol. The molecule has 1 aromatic carbocycles. The van der Waals surface area contributed by atoms with Crippen LogP contribution in [0.5, 0.6) is 5.75 Å². The molecule has 0 aliphatic carbocycles. The number of methoxy groups -OCH3 is 1. The van der Waals surface area contributed by atoms with Crippen LogP contribution in [0.2, 0.25) is 10.0 Å². The minimum atomic E-state index is -0.325. The van der Waals surface area contributed by atoms with Crippen molar-refractivity contribution >= 4 is 46.4 Å². The molecule has 1 amide bonds. The maximum Gasteiger partial charge on any atom is 0.239 e. The number of ether oxygens (including phenoxy) is 1. The first-order valence-electron chi connectivity index (χ1n) is 3.97. The second kappa shape index (κ2) is 5.45. The van der Waals surface area contributed by atoms with Crippen LogP contribution in [0.4, 0.5) is 5.69 Å². The standard InChI is InChI=1S/C9H8Cl3NO2/c1-15-9-6(11)2-5(3-7(9)12)13-8(14)4-10/h2-3H,4H2,1H3,(H,13,14). The van der Waals surface area contributed by atoms with Gasteiger partial charge in [-0.3, -0.25) is 4.79 Å². The molecule has 82 valence electrons. The summed E-state index contributed by atoms with van der Waals surface area (Å²) in [5.41, 5.74) is 0.483. The number of carbonyl (C=O) groups is 1. The molecule has 1 aromatic rings. The predicted octanol–water partition coefficient (Wildman–Crippen LogP) is 3.18. The normalized spacial score (nSPS) is 9.87. The summed E-state index contributed by atoms with van der Waals surface area (Å²) in [4.78, 5) is 11.0. The number of carbonyl (C=O) groups excluding carboxylic acids is 1. The Bertz CT molecular complexity index is 359. The first-order valence-corrected chi connectivity index (χ1v) is 5.26. The number of nitrogens with one attached hydrogen (secondary N) is 1. The van der Waals surface area contributed by atoms with Gasteiger partial charge in [0.1, 0.15) is 5.88 Å². The molecule has 0 fully saturated rings. The Morgan fingerprint density at radius 1 is 1.40 bits per heavy atom. The van der Waals surface area contributed by atoms with Gasteiger partial charge in [0.2, 0.25) is 5.91 Å². The molecule has 0 aromatic heterocycles. The van der Waals surface area contributed by atoms with Crippen LogP contribution in [0.1, 0.15) is 0 Å². The Balaban J connectivity index is 2.98. The van der Waals surface area contributed by atoms with Crippen LogP contribution in [0.15, 0.2) is 12.1 Å². The van der Waals surface area contributed by atoms with E-state index in [1.165, 1.54) is 19.2 Å². The van der Waals surface area contributed by atoms with E-state index in [0.717, 1.165) is 0 Å². The minimum absolute atomic E-state index is 0.124. The van der Waals surface area contributed by atoms with Gasteiger partial charge < -0.3 is 10.1 Å². The Morgan fingerprint density at radius 3 is 2.33 bits per heavy atom. The van der Waals surface area contributed by atoms with E-state index in [1.54, 1.807) is 0 Å². The summed E-state index contributed by atoms with van der Waals surface area (Å²) in [5, 5.41) is 3.19. The maximum absolute atomic E-state index is 11.0. The highest BCUT2D eigenvalue weighted by molar-refractivity contribution is 6.37. The molecule has 3 nitrogen and oxygen atoms in total. The highest BCUT2D eigenvalue weighted by Gasteiger charge is 2.09. The third kappa shape index (κ3) is 3.16. The first-order chi connectivity index (χ1) is 7.08. The Kier molecular flexibility index (Phi) is 4.51. The van der Waals surface area contributed by atoms with Crippen molar-refractivity contribution in [3.05, 3.63) is 22.2 Å². The average Bonchev–Trinajstić information content (AvgIpc) is 2.17. The summed E-state index contributed by atoms with van der Waals surface area (Å²) in [6, 6.07) is 3.08. The van der Waals surface area contributed by atoms with Gasteiger partial charge in [0.15, 0.2) is 5.75 Å². The van der Waals surface area contributed by atoms with Gasteiger partial charge in [-0.15, -0.1) is 11.6 Å². The number of rotatable bonds is 3. The van der Waals surface area contributed by atoms with Crippen LogP contribution >= 0.6 is 34.8 Å². The number of anilines is 1. The highest BCUT2D eigenvalue weighted by Crippen LogP contribution is 2.35. The van der Waals surface area contributed by atoms with Crippen molar-refractivity contribution in [3.8, 4) is 5.75 Å².